The molecule has 0 amide bonds. The molecule has 0 aliphatic heterocycles. The van der Waals surface area contributed by atoms with E-state index in [1.54, 1.807) is 6.08 Å². The van der Waals surface area contributed by atoms with Crippen LogP contribution >= 0.6 is 0 Å². The van der Waals surface area contributed by atoms with Crippen molar-refractivity contribution in [3.63, 3.8) is 0 Å². The average molecular weight is 167 g/mol. The van der Waals surface area contributed by atoms with Crippen LogP contribution in [0.4, 0.5) is 0 Å². The molecule has 0 aliphatic rings. The van der Waals surface area contributed by atoms with Gasteiger partial charge in [-0.2, -0.15) is 0 Å². The molecule has 0 N–H and O–H groups in total. The molecule has 12 heavy (non-hydrogen) atoms. The van der Waals surface area contributed by atoms with E-state index in [-0.39, 0.29) is 5.97 Å². The topological polar surface area (TPSA) is 26.3 Å². The molecule has 1 radical (unpaired) electrons. The monoisotopic (exact) mass is 167 g/mol. The summed E-state index contributed by atoms with van der Waals surface area (Å²) in [4.78, 5) is 11.0. The Hall–Kier alpha value is -1.05. The summed E-state index contributed by atoms with van der Waals surface area (Å²) in [6.07, 6.45) is 5.10. The summed E-state index contributed by atoms with van der Waals surface area (Å²) in [5, 5.41) is 0. The summed E-state index contributed by atoms with van der Waals surface area (Å²) < 4.78 is 5.00. The van der Waals surface area contributed by atoms with Gasteiger partial charge in [0, 0.05) is 6.08 Å². The zero-order chi connectivity index (χ0) is 9.61. The smallest absolute Gasteiger partial charge is 0.330 e. The van der Waals surface area contributed by atoms with E-state index in [1.165, 1.54) is 12.2 Å². The van der Waals surface area contributed by atoms with Gasteiger partial charge < -0.3 is 4.74 Å². The maximum atomic E-state index is 11.0. The van der Waals surface area contributed by atoms with Crippen molar-refractivity contribution >= 4 is 5.97 Å². The summed E-state index contributed by atoms with van der Waals surface area (Å²) in [6, 6.07) is 0. The van der Waals surface area contributed by atoms with Gasteiger partial charge in [-0.15, -0.1) is 0 Å². The molecule has 0 aromatic heterocycles. The van der Waals surface area contributed by atoms with Gasteiger partial charge in [0.25, 0.3) is 0 Å². The largest absolute Gasteiger partial charge is 0.457 e. The minimum atomic E-state index is -0.423. The number of esters is 1. The Morgan fingerprint density at radius 1 is 1.50 bits per heavy atom. The zero-order valence-corrected chi connectivity index (χ0v) is 7.83. The van der Waals surface area contributed by atoms with Gasteiger partial charge in [0.15, 0.2) is 0 Å². The number of ether oxygens (including phenoxy) is 1. The Morgan fingerprint density at radius 2 is 2.08 bits per heavy atom. The van der Waals surface area contributed by atoms with Gasteiger partial charge in [-0.3, -0.25) is 0 Å². The van der Waals surface area contributed by atoms with Crippen molar-refractivity contribution in [3.05, 3.63) is 24.8 Å². The van der Waals surface area contributed by atoms with Gasteiger partial charge in [-0.05, 0) is 27.2 Å². The number of carbonyl (C=O) groups is 1. The van der Waals surface area contributed by atoms with Crippen LogP contribution in [-0.4, -0.2) is 11.6 Å². The minimum absolute atomic E-state index is 0.329. The van der Waals surface area contributed by atoms with Crippen molar-refractivity contribution < 1.29 is 9.53 Å². The van der Waals surface area contributed by atoms with Crippen LogP contribution in [0.3, 0.4) is 0 Å². The highest BCUT2D eigenvalue weighted by Crippen LogP contribution is 2.07. The highest BCUT2D eigenvalue weighted by atomic mass is 16.6. The van der Waals surface area contributed by atoms with Crippen LogP contribution in [0.2, 0.25) is 0 Å². The first-order chi connectivity index (χ1) is 5.45. The molecular formula is C10H15O2. The minimum Gasteiger partial charge on any atom is -0.457 e. The van der Waals surface area contributed by atoms with E-state index < -0.39 is 5.60 Å². The standard InChI is InChI=1S/C10H15O2/c1-5-6-7-8-9(11)12-10(2,3)4/h1,5,7-8H,6H2,2-4H3/b5-1?,8-7+. The number of carbonyl (C=O) groups excluding carboxylic acids is 1. The van der Waals surface area contributed by atoms with Gasteiger partial charge in [-0.25, -0.2) is 4.79 Å². The SMILES string of the molecule is [CH]=CC/C=C/C(=O)OC(C)(C)C. The molecule has 0 fully saturated rings. The summed E-state index contributed by atoms with van der Waals surface area (Å²) in [6.45, 7) is 10.6. The molecule has 0 atom stereocenters. The Morgan fingerprint density at radius 3 is 2.50 bits per heavy atom. The van der Waals surface area contributed by atoms with Crippen molar-refractivity contribution in [2.45, 2.75) is 32.8 Å². The van der Waals surface area contributed by atoms with Gasteiger partial charge in [0.05, 0.1) is 0 Å². The molecule has 0 aliphatic carbocycles. The molecule has 0 heterocycles. The Bertz CT molecular complexity index is 185. The Kier molecular flexibility index (Phi) is 4.34. The van der Waals surface area contributed by atoms with Crippen molar-refractivity contribution in [2.24, 2.45) is 0 Å². The Balaban J connectivity index is 3.82. The normalized spacial score (nSPS) is 11.6. The summed E-state index contributed by atoms with van der Waals surface area (Å²) in [7, 11) is 0. The second-order valence-corrected chi connectivity index (χ2v) is 3.41. The number of hydrogen-bond donors (Lipinski definition) is 0. The molecule has 0 bridgehead atoms. The molecule has 0 saturated heterocycles. The van der Waals surface area contributed by atoms with E-state index in [9.17, 15) is 4.79 Å². The highest BCUT2D eigenvalue weighted by molar-refractivity contribution is 5.82. The third-order valence-corrected chi connectivity index (χ3v) is 0.933. The van der Waals surface area contributed by atoms with Crippen LogP contribution < -0.4 is 0 Å². The maximum absolute atomic E-state index is 11.0. The first kappa shape index (κ1) is 11.0. The molecule has 0 unspecified atom stereocenters. The number of hydrogen-bond acceptors (Lipinski definition) is 2. The summed E-state index contributed by atoms with van der Waals surface area (Å²) >= 11 is 0. The molecule has 2 heteroatoms. The summed E-state index contributed by atoms with van der Waals surface area (Å²) in [5.41, 5.74) is -0.423. The van der Waals surface area contributed by atoms with Crippen molar-refractivity contribution in [1.29, 1.82) is 0 Å². The highest BCUT2D eigenvalue weighted by Gasteiger charge is 2.13. The fourth-order valence-electron chi connectivity index (χ4n) is 0.579. The molecule has 0 aromatic carbocycles. The van der Waals surface area contributed by atoms with E-state index in [2.05, 4.69) is 0 Å². The van der Waals surface area contributed by atoms with Crippen molar-refractivity contribution in [3.8, 4) is 0 Å². The van der Waals surface area contributed by atoms with Crippen LogP contribution in [0, 0.1) is 6.58 Å². The maximum Gasteiger partial charge on any atom is 0.330 e. The average Bonchev–Trinajstić information content (AvgIpc) is 1.84. The molecule has 0 saturated carbocycles. The van der Waals surface area contributed by atoms with E-state index in [4.69, 9.17) is 11.3 Å². The fourth-order valence-corrected chi connectivity index (χ4v) is 0.579. The molecular weight excluding hydrogens is 152 g/mol. The van der Waals surface area contributed by atoms with Crippen LogP contribution in [0.25, 0.3) is 0 Å². The van der Waals surface area contributed by atoms with Crippen molar-refractivity contribution in [1.82, 2.24) is 0 Å². The third-order valence-electron chi connectivity index (χ3n) is 0.933. The quantitative estimate of drug-likeness (QED) is 0.476. The summed E-state index contributed by atoms with van der Waals surface area (Å²) in [5.74, 6) is -0.329. The van der Waals surface area contributed by atoms with Crippen LogP contribution in [0.1, 0.15) is 27.2 Å². The zero-order valence-electron chi connectivity index (χ0n) is 7.83. The van der Waals surface area contributed by atoms with E-state index in [0.717, 1.165) is 0 Å². The van der Waals surface area contributed by atoms with Crippen LogP contribution in [0.5, 0.6) is 0 Å². The van der Waals surface area contributed by atoms with Gasteiger partial charge in [0.1, 0.15) is 5.60 Å². The lowest BCUT2D eigenvalue weighted by Gasteiger charge is -2.17. The molecule has 0 rings (SSSR count). The van der Waals surface area contributed by atoms with Gasteiger partial charge in [0.2, 0.25) is 0 Å². The lowest BCUT2D eigenvalue weighted by atomic mass is 10.2. The number of rotatable bonds is 3. The molecule has 67 valence electrons. The second kappa shape index (κ2) is 4.75. The van der Waals surface area contributed by atoms with Gasteiger partial charge >= 0.3 is 5.97 Å². The first-order valence-corrected chi connectivity index (χ1v) is 3.88. The Labute approximate surface area is 73.9 Å². The van der Waals surface area contributed by atoms with Crippen molar-refractivity contribution in [2.75, 3.05) is 0 Å². The van der Waals surface area contributed by atoms with E-state index >= 15 is 0 Å². The predicted octanol–water partition coefficient (Wildman–Crippen LogP) is 2.26. The predicted molar refractivity (Wildman–Crippen MR) is 48.5 cm³/mol. The fraction of sp³-hybridized carbons (Fsp3) is 0.500. The van der Waals surface area contributed by atoms with Crippen LogP contribution in [0.15, 0.2) is 18.2 Å². The van der Waals surface area contributed by atoms with Crippen LogP contribution in [-0.2, 0) is 9.53 Å². The third kappa shape index (κ3) is 7.06. The van der Waals surface area contributed by atoms with E-state index in [1.807, 2.05) is 20.8 Å². The lowest BCUT2D eigenvalue weighted by molar-refractivity contribution is -0.148. The van der Waals surface area contributed by atoms with Gasteiger partial charge in [-0.1, -0.05) is 18.7 Å². The van der Waals surface area contributed by atoms with E-state index in [0.29, 0.717) is 6.42 Å². The molecule has 2 nitrogen and oxygen atoms in total. The second-order valence-electron chi connectivity index (χ2n) is 3.41. The lowest BCUT2D eigenvalue weighted by Crippen LogP contribution is -2.22. The number of allylic oxidation sites excluding steroid dienone is 2. The first-order valence-electron chi connectivity index (χ1n) is 3.88. The molecule has 0 aromatic rings. The molecule has 0 spiro atoms.